The van der Waals surface area contributed by atoms with Gasteiger partial charge in [-0.25, -0.2) is 4.39 Å². The van der Waals surface area contributed by atoms with Gasteiger partial charge in [-0.05, 0) is 72.9 Å². The van der Waals surface area contributed by atoms with E-state index in [-0.39, 0.29) is 29.6 Å². The molecule has 3 aromatic rings. The lowest BCUT2D eigenvalue weighted by molar-refractivity contribution is -0.147. The maximum absolute atomic E-state index is 13.9. The predicted molar refractivity (Wildman–Crippen MR) is 127 cm³/mol. The largest absolute Gasteiger partial charge is 0.349 e. The highest BCUT2D eigenvalue weighted by atomic mass is 19.1. The van der Waals surface area contributed by atoms with E-state index in [9.17, 15) is 14.0 Å². The first-order chi connectivity index (χ1) is 16.6. The maximum atomic E-state index is 13.9. The second-order valence-corrected chi connectivity index (χ2v) is 9.49. The van der Waals surface area contributed by atoms with Crippen LogP contribution in [0.4, 0.5) is 4.39 Å². The second-order valence-electron chi connectivity index (χ2n) is 9.49. The highest BCUT2D eigenvalue weighted by Gasteiger charge is 2.42. The first-order valence-electron chi connectivity index (χ1n) is 12.0. The lowest BCUT2D eigenvalue weighted by Gasteiger charge is -2.35. The molecule has 0 radical (unpaired) electrons. The summed E-state index contributed by atoms with van der Waals surface area (Å²) in [6, 6.07) is 16.3. The van der Waals surface area contributed by atoms with Crippen molar-refractivity contribution in [3.8, 4) is 0 Å². The smallest absolute Gasteiger partial charge is 0.228 e. The summed E-state index contributed by atoms with van der Waals surface area (Å²) in [5, 5.41) is 0.879. The number of hydrogen-bond acceptors (Lipinski definition) is 4. The fraction of sp³-hybridized carbons (Fsp3) is 0.393. The third kappa shape index (κ3) is 4.23. The predicted octanol–water partition coefficient (Wildman–Crippen LogP) is 5.41. The van der Waals surface area contributed by atoms with Gasteiger partial charge in [-0.2, -0.15) is 0 Å². The van der Waals surface area contributed by atoms with Gasteiger partial charge in [0.25, 0.3) is 0 Å². The molecule has 1 aromatic heterocycles. The van der Waals surface area contributed by atoms with E-state index in [2.05, 4.69) is 4.98 Å². The van der Waals surface area contributed by atoms with E-state index in [0.29, 0.717) is 12.5 Å². The molecule has 176 valence electrons. The molecule has 34 heavy (non-hydrogen) atoms. The number of aldehydes is 1. The summed E-state index contributed by atoms with van der Waals surface area (Å²) in [7, 11) is 0. The normalized spacial score (nSPS) is 25.9. The number of carbonyl (C=O) groups is 2. The molecule has 1 aliphatic carbocycles. The molecule has 1 saturated heterocycles. The van der Waals surface area contributed by atoms with Gasteiger partial charge in [0, 0.05) is 17.5 Å². The van der Waals surface area contributed by atoms with Gasteiger partial charge in [0.15, 0.2) is 12.5 Å². The monoisotopic (exact) mass is 460 g/mol. The fourth-order valence-corrected chi connectivity index (χ4v) is 5.71. The van der Waals surface area contributed by atoms with E-state index in [1.165, 1.54) is 6.07 Å². The Morgan fingerprint density at radius 2 is 1.88 bits per heavy atom. The van der Waals surface area contributed by atoms with Crippen LogP contribution >= 0.6 is 0 Å². The molecule has 3 atom stereocenters. The Kier molecular flexibility index (Phi) is 6.42. The molecule has 5 nitrogen and oxygen atoms in total. The van der Waals surface area contributed by atoms with Crippen LogP contribution < -0.4 is 0 Å². The van der Waals surface area contributed by atoms with Crippen molar-refractivity contribution in [3.05, 3.63) is 77.7 Å². The quantitative estimate of drug-likeness (QED) is 0.478. The minimum absolute atomic E-state index is 0.0247. The molecule has 2 fully saturated rings. The van der Waals surface area contributed by atoms with Gasteiger partial charge < -0.3 is 9.64 Å². The second kappa shape index (κ2) is 9.63. The number of halogens is 1. The van der Waals surface area contributed by atoms with Crippen LogP contribution in [0.15, 0.2) is 60.8 Å². The lowest BCUT2D eigenvalue weighted by Crippen LogP contribution is -2.44. The standard InChI is InChI=1S/C28H29FN2O3/c1-18(28(33)31-26(17-34-27(31)16-32)21-5-3-2-4-6-21)19-7-9-20(10-8-19)23-13-14-30-25-12-11-22(29)15-24(23)25/h2-6,11-16,18-20,26-27H,7-10,17H2,1H3. The molecule has 1 saturated carbocycles. The van der Waals surface area contributed by atoms with E-state index < -0.39 is 6.23 Å². The molecule has 5 rings (SSSR count). The summed E-state index contributed by atoms with van der Waals surface area (Å²) >= 11 is 0. The fourth-order valence-electron chi connectivity index (χ4n) is 5.71. The van der Waals surface area contributed by atoms with Gasteiger partial charge in [0.1, 0.15) is 5.82 Å². The number of nitrogens with zero attached hydrogens (tertiary/aromatic N) is 2. The van der Waals surface area contributed by atoms with Crippen molar-refractivity contribution in [1.29, 1.82) is 0 Å². The number of ether oxygens (including phenoxy) is 1. The van der Waals surface area contributed by atoms with Crippen molar-refractivity contribution in [3.63, 3.8) is 0 Å². The Morgan fingerprint density at radius 3 is 2.62 bits per heavy atom. The number of aromatic nitrogens is 1. The van der Waals surface area contributed by atoms with Crippen molar-refractivity contribution >= 4 is 23.1 Å². The van der Waals surface area contributed by atoms with E-state index in [4.69, 9.17) is 4.74 Å². The minimum atomic E-state index is -0.838. The van der Waals surface area contributed by atoms with E-state index in [1.807, 2.05) is 43.3 Å². The van der Waals surface area contributed by atoms with Crippen LogP contribution in [0.3, 0.4) is 0 Å². The zero-order chi connectivity index (χ0) is 23.7. The van der Waals surface area contributed by atoms with E-state index in [0.717, 1.165) is 54.0 Å². The molecule has 0 spiro atoms. The van der Waals surface area contributed by atoms with Crippen molar-refractivity contribution < 1.29 is 18.7 Å². The Morgan fingerprint density at radius 1 is 1.12 bits per heavy atom. The number of fused-ring (bicyclic) bond motifs is 1. The summed E-state index contributed by atoms with van der Waals surface area (Å²) in [5.74, 6) is 0.0742. The SMILES string of the molecule is CC(C(=O)N1C(C=O)OCC1c1ccccc1)C1CCC(c2ccnc3ccc(F)cc23)CC1. The molecule has 0 bridgehead atoms. The van der Waals surface area contributed by atoms with Crippen LogP contribution in [0.2, 0.25) is 0 Å². The topological polar surface area (TPSA) is 59.5 Å². The number of pyridine rings is 1. The third-order valence-electron chi connectivity index (χ3n) is 7.64. The summed E-state index contributed by atoms with van der Waals surface area (Å²) in [6.45, 7) is 2.30. The van der Waals surface area contributed by atoms with Crippen molar-refractivity contribution in [2.24, 2.45) is 11.8 Å². The molecule has 2 aliphatic rings. The summed E-state index contributed by atoms with van der Waals surface area (Å²) in [6.07, 6.45) is 5.37. The Labute approximate surface area is 198 Å². The molecule has 6 heteroatoms. The molecule has 1 amide bonds. The average molecular weight is 461 g/mol. The Hall–Kier alpha value is -3.12. The Balaban J connectivity index is 1.30. The number of benzene rings is 2. The molecule has 0 N–H and O–H groups in total. The highest BCUT2D eigenvalue weighted by molar-refractivity contribution is 5.83. The van der Waals surface area contributed by atoms with Gasteiger partial charge in [-0.3, -0.25) is 14.6 Å². The molecule has 2 aromatic carbocycles. The van der Waals surface area contributed by atoms with Crippen LogP contribution in [0.25, 0.3) is 10.9 Å². The molecular formula is C28H29FN2O3. The molecule has 1 aliphatic heterocycles. The van der Waals surface area contributed by atoms with Crippen molar-refractivity contribution in [2.75, 3.05) is 6.61 Å². The van der Waals surface area contributed by atoms with Crippen LogP contribution in [-0.4, -0.2) is 34.9 Å². The zero-order valence-electron chi connectivity index (χ0n) is 19.3. The number of amides is 1. The van der Waals surface area contributed by atoms with Crippen LogP contribution in [0, 0.1) is 17.7 Å². The van der Waals surface area contributed by atoms with E-state index in [1.54, 1.807) is 23.2 Å². The average Bonchev–Trinajstić information content (AvgIpc) is 3.32. The van der Waals surface area contributed by atoms with Gasteiger partial charge in [-0.1, -0.05) is 37.3 Å². The number of rotatable bonds is 5. The summed E-state index contributed by atoms with van der Waals surface area (Å²) in [5.41, 5.74) is 2.93. The van der Waals surface area contributed by atoms with Gasteiger partial charge >= 0.3 is 0 Å². The minimum Gasteiger partial charge on any atom is -0.349 e. The third-order valence-corrected chi connectivity index (χ3v) is 7.64. The van der Waals surface area contributed by atoms with Crippen LogP contribution in [-0.2, 0) is 14.3 Å². The zero-order valence-corrected chi connectivity index (χ0v) is 19.3. The van der Waals surface area contributed by atoms with Crippen LogP contribution in [0.5, 0.6) is 0 Å². The van der Waals surface area contributed by atoms with E-state index >= 15 is 0 Å². The number of hydrogen-bond donors (Lipinski definition) is 0. The lowest BCUT2D eigenvalue weighted by atomic mass is 9.73. The Bertz CT molecular complexity index is 1180. The summed E-state index contributed by atoms with van der Waals surface area (Å²) < 4.78 is 19.6. The van der Waals surface area contributed by atoms with Gasteiger partial charge in [0.05, 0.1) is 18.2 Å². The first kappa shape index (κ1) is 22.7. The molecule has 3 unspecified atom stereocenters. The molecule has 2 heterocycles. The first-order valence-corrected chi connectivity index (χ1v) is 12.0. The summed E-state index contributed by atoms with van der Waals surface area (Å²) in [4.78, 5) is 31.3. The van der Waals surface area contributed by atoms with Crippen molar-refractivity contribution in [1.82, 2.24) is 9.88 Å². The maximum Gasteiger partial charge on any atom is 0.228 e. The van der Waals surface area contributed by atoms with Gasteiger partial charge in [0.2, 0.25) is 5.91 Å². The van der Waals surface area contributed by atoms with Crippen LogP contribution in [0.1, 0.15) is 55.7 Å². The van der Waals surface area contributed by atoms with Gasteiger partial charge in [-0.15, -0.1) is 0 Å². The molecular weight excluding hydrogens is 431 g/mol. The highest BCUT2D eigenvalue weighted by Crippen LogP contribution is 2.42. The van der Waals surface area contributed by atoms with Crippen molar-refractivity contribution in [2.45, 2.75) is 50.8 Å². The number of carbonyl (C=O) groups excluding carboxylic acids is 2.